The number of hydrogen-bond acceptors (Lipinski definition) is 9. The maximum Gasteiger partial charge on any atom is 0.338 e. The van der Waals surface area contributed by atoms with Gasteiger partial charge in [-0.05, 0) is 49.2 Å². The molecule has 0 spiro atoms. The molecule has 5 rings (SSSR count). The van der Waals surface area contributed by atoms with Gasteiger partial charge in [0.05, 0.1) is 27.3 Å². The number of fused-ring (bicyclic) bond motifs is 1. The number of aromatic nitrogens is 2. The molecule has 0 bridgehead atoms. The van der Waals surface area contributed by atoms with Crippen molar-refractivity contribution in [2.24, 2.45) is 4.99 Å². The third kappa shape index (κ3) is 5.29. The number of rotatable bonds is 7. The molecular weight excluding hydrogens is 556 g/mol. The summed E-state index contributed by atoms with van der Waals surface area (Å²) in [5, 5.41) is 11.2. The van der Waals surface area contributed by atoms with Crippen molar-refractivity contribution in [1.29, 1.82) is 0 Å². The van der Waals surface area contributed by atoms with Gasteiger partial charge in [0.25, 0.3) is 11.2 Å². The van der Waals surface area contributed by atoms with Crippen LogP contribution in [0.4, 0.5) is 5.69 Å². The molecule has 40 heavy (non-hydrogen) atoms. The van der Waals surface area contributed by atoms with E-state index in [1.165, 1.54) is 28.0 Å². The lowest BCUT2D eigenvalue weighted by Crippen LogP contribution is -2.40. The predicted octanol–water partition coefficient (Wildman–Crippen LogP) is 4.55. The zero-order valence-corrected chi connectivity index (χ0v) is 22.8. The first kappa shape index (κ1) is 27.0. The molecule has 0 aliphatic carbocycles. The maximum absolute atomic E-state index is 13.7. The van der Waals surface area contributed by atoms with E-state index >= 15 is 0 Å². The average Bonchev–Trinajstić information content (AvgIpc) is 3.24. The third-order valence-electron chi connectivity index (χ3n) is 6.05. The Balaban J connectivity index is 1.51. The molecule has 0 amide bonds. The van der Waals surface area contributed by atoms with Crippen molar-refractivity contribution in [2.45, 2.75) is 19.9 Å². The normalized spacial score (nSPS) is 14.9. The average molecular weight is 577 g/mol. The standard InChI is InChI=1S/C28H21ClN4O6S/c1-3-38-27(35)24-16(2)31-28-32(25(24)20-6-4-5-7-21(20)29)26(34)22(40-28)14-17-8-11-19(12-9-17)39-23-13-10-18(15-30-23)33(36)37/h4-15,25H,3H2,1-2H3/b22-14+/t25-/m1/s1. The van der Waals surface area contributed by atoms with E-state index in [2.05, 4.69) is 9.98 Å². The van der Waals surface area contributed by atoms with Crippen molar-refractivity contribution in [2.75, 3.05) is 6.61 Å². The smallest absolute Gasteiger partial charge is 0.338 e. The van der Waals surface area contributed by atoms with Crippen LogP contribution >= 0.6 is 22.9 Å². The molecule has 0 fully saturated rings. The summed E-state index contributed by atoms with van der Waals surface area (Å²) in [5.74, 6) is 0.119. The van der Waals surface area contributed by atoms with Gasteiger partial charge in [-0.3, -0.25) is 19.5 Å². The molecule has 0 unspecified atom stereocenters. The van der Waals surface area contributed by atoms with Gasteiger partial charge in [0.2, 0.25) is 5.88 Å². The SMILES string of the molecule is CCOC(=O)C1=C(C)N=c2s/c(=C/c3ccc(Oc4ccc([N+](=O)[O-])cn4)cc3)c(=O)n2[C@@H]1c1ccccc1Cl. The number of pyridine rings is 1. The molecule has 12 heteroatoms. The largest absolute Gasteiger partial charge is 0.463 e. The Morgan fingerprint density at radius 2 is 1.93 bits per heavy atom. The highest BCUT2D eigenvalue weighted by Gasteiger charge is 2.34. The van der Waals surface area contributed by atoms with Crippen LogP contribution in [0, 0.1) is 10.1 Å². The lowest BCUT2D eigenvalue weighted by molar-refractivity contribution is -0.385. The van der Waals surface area contributed by atoms with Gasteiger partial charge < -0.3 is 9.47 Å². The summed E-state index contributed by atoms with van der Waals surface area (Å²) in [5.41, 5.74) is 1.58. The van der Waals surface area contributed by atoms with E-state index in [0.29, 0.717) is 31.4 Å². The van der Waals surface area contributed by atoms with Gasteiger partial charge in [0.15, 0.2) is 4.80 Å². The van der Waals surface area contributed by atoms with E-state index in [4.69, 9.17) is 21.1 Å². The minimum atomic E-state index is -0.795. The van der Waals surface area contributed by atoms with Crippen LogP contribution in [0.25, 0.3) is 6.08 Å². The van der Waals surface area contributed by atoms with E-state index in [-0.39, 0.29) is 29.3 Å². The van der Waals surface area contributed by atoms with E-state index in [0.717, 1.165) is 11.8 Å². The second-order valence-electron chi connectivity index (χ2n) is 8.61. The Bertz CT molecular complexity index is 1830. The van der Waals surface area contributed by atoms with Crippen molar-refractivity contribution in [1.82, 2.24) is 9.55 Å². The van der Waals surface area contributed by atoms with Gasteiger partial charge in [0.1, 0.15) is 18.0 Å². The van der Waals surface area contributed by atoms with E-state index in [9.17, 15) is 19.7 Å². The van der Waals surface area contributed by atoms with E-state index < -0.39 is 16.9 Å². The highest BCUT2D eigenvalue weighted by atomic mass is 35.5. The molecule has 0 N–H and O–H groups in total. The van der Waals surface area contributed by atoms with Gasteiger partial charge in [-0.2, -0.15) is 0 Å². The molecular formula is C28H21ClN4O6S. The summed E-state index contributed by atoms with van der Waals surface area (Å²) in [6.45, 7) is 3.60. The van der Waals surface area contributed by atoms with Crippen molar-refractivity contribution in [3.8, 4) is 11.6 Å². The minimum Gasteiger partial charge on any atom is -0.463 e. The number of ether oxygens (including phenoxy) is 2. The first-order valence-electron chi connectivity index (χ1n) is 12.1. The summed E-state index contributed by atoms with van der Waals surface area (Å²) in [4.78, 5) is 45.9. The summed E-state index contributed by atoms with van der Waals surface area (Å²) in [6.07, 6.45) is 2.85. The molecule has 0 saturated heterocycles. The fourth-order valence-corrected chi connectivity index (χ4v) is 5.51. The molecule has 202 valence electrons. The van der Waals surface area contributed by atoms with Gasteiger partial charge in [-0.15, -0.1) is 0 Å². The highest BCUT2D eigenvalue weighted by molar-refractivity contribution is 7.07. The highest BCUT2D eigenvalue weighted by Crippen LogP contribution is 2.34. The molecule has 1 atom stereocenters. The van der Waals surface area contributed by atoms with Gasteiger partial charge in [-0.25, -0.2) is 14.8 Å². The molecule has 2 aromatic heterocycles. The molecule has 3 heterocycles. The van der Waals surface area contributed by atoms with Crippen molar-refractivity contribution >= 4 is 40.7 Å². The second kappa shape index (κ2) is 11.2. The van der Waals surface area contributed by atoms with Crippen LogP contribution in [0.1, 0.15) is 31.0 Å². The van der Waals surface area contributed by atoms with Crippen molar-refractivity contribution in [3.63, 3.8) is 0 Å². The predicted molar refractivity (Wildman–Crippen MR) is 149 cm³/mol. The van der Waals surface area contributed by atoms with Crippen molar-refractivity contribution < 1.29 is 19.2 Å². The number of hydrogen-bond donors (Lipinski definition) is 0. The fourth-order valence-electron chi connectivity index (χ4n) is 4.23. The number of esters is 1. The second-order valence-corrected chi connectivity index (χ2v) is 10.0. The zero-order valence-electron chi connectivity index (χ0n) is 21.2. The molecule has 0 radical (unpaired) electrons. The zero-order chi connectivity index (χ0) is 28.4. The fraction of sp³-hybridized carbons (Fsp3) is 0.143. The van der Waals surface area contributed by atoms with Crippen LogP contribution in [0.15, 0.2) is 87.9 Å². The van der Waals surface area contributed by atoms with E-state index in [1.807, 2.05) is 0 Å². The monoisotopic (exact) mass is 576 g/mol. The summed E-state index contributed by atoms with van der Waals surface area (Å²) < 4.78 is 12.9. The van der Waals surface area contributed by atoms with Gasteiger partial charge in [-0.1, -0.05) is 53.3 Å². The number of carbonyl (C=O) groups is 1. The molecule has 4 aromatic rings. The number of carbonyl (C=O) groups excluding carboxylic acids is 1. The van der Waals surface area contributed by atoms with Crippen LogP contribution in [0.5, 0.6) is 11.6 Å². The Morgan fingerprint density at radius 1 is 1.18 bits per heavy atom. The number of benzene rings is 2. The van der Waals surface area contributed by atoms with E-state index in [1.54, 1.807) is 68.5 Å². The van der Waals surface area contributed by atoms with Gasteiger partial charge >= 0.3 is 5.97 Å². The van der Waals surface area contributed by atoms with Crippen LogP contribution in [0.2, 0.25) is 5.02 Å². The first-order chi connectivity index (χ1) is 19.3. The lowest BCUT2D eigenvalue weighted by Gasteiger charge is -2.25. The minimum absolute atomic E-state index is 0.134. The Kier molecular flexibility index (Phi) is 7.58. The Hall–Kier alpha value is -4.61. The Morgan fingerprint density at radius 3 is 2.58 bits per heavy atom. The molecule has 1 aliphatic rings. The molecule has 1 aliphatic heterocycles. The van der Waals surface area contributed by atoms with Crippen LogP contribution in [0.3, 0.4) is 0 Å². The molecule has 10 nitrogen and oxygen atoms in total. The number of allylic oxidation sites excluding steroid dienone is 1. The molecule has 0 saturated carbocycles. The number of thiazole rings is 1. The molecule has 2 aromatic carbocycles. The maximum atomic E-state index is 13.7. The quantitative estimate of drug-likeness (QED) is 0.179. The number of nitrogens with zero attached hydrogens (tertiary/aromatic N) is 4. The topological polar surface area (TPSA) is 126 Å². The number of nitro groups is 1. The van der Waals surface area contributed by atoms with Gasteiger partial charge in [0, 0.05) is 17.2 Å². The summed E-state index contributed by atoms with van der Waals surface area (Å²) in [6, 6.07) is 15.9. The summed E-state index contributed by atoms with van der Waals surface area (Å²) >= 11 is 7.74. The first-order valence-corrected chi connectivity index (χ1v) is 13.3. The van der Waals surface area contributed by atoms with Crippen LogP contribution < -0.4 is 19.6 Å². The lowest BCUT2D eigenvalue weighted by atomic mass is 9.96. The van der Waals surface area contributed by atoms with Crippen molar-refractivity contribution in [3.05, 3.63) is 124 Å². The third-order valence-corrected chi connectivity index (χ3v) is 7.38. The van der Waals surface area contributed by atoms with Crippen LogP contribution in [-0.2, 0) is 9.53 Å². The number of halogens is 1. The Labute approximate surface area is 236 Å². The summed E-state index contributed by atoms with van der Waals surface area (Å²) in [7, 11) is 0. The van der Waals surface area contributed by atoms with Crippen LogP contribution in [-0.4, -0.2) is 27.1 Å².